The summed E-state index contributed by atoms with van der Waals surface area (Å²) in [6.07, 6.45) is -1.23. The second-order valence-electron chi connectivity index (χ2n) is 4.85. The van der Waals surface area contributed by atoms with Crippen molar-refractivity contribution in [1.82, 2.24) is 4.90 Å². The summed E-state index contributed by atoms with van der Waals surface area (Å²) in [5, 5.41) is 30.4. The average molecular weight is 275 g/mol. The van der Waals surface area contributed by atoms with E-state index >= 15 is 0 Å². The maximum absolute atomic E-state index is 11.8. The van der Waals surface area contributed by atoms with E-state index in [2.05, 4.69) is 5.32 Å². The lowest BCUT2D eigenvalue weighted by Gasteiger charge is -2.14. The molecule has 1 heterocycles. The molecule has 0 bridgehead atoms. The van der Waals surface area contributed by atoms with Gasteiger partial charge in [0.1, 0.15) is 6.07 Å². The summed E-state index contributed by atoms with van der Waals surface area (Å²) in [7, 11) is 0. The molecule has 1 amide bonds. The molecule has 0 radical (unpaired) electrons. The van der Waals surface area contributed by atoms with Crippen molar-refractivity contribution in [3.8, 4) is 6.07 Å². The van der Waals surface area contributed by atoms with Gasteiger partial charge in [-0.2, -0.15) is 5.26 Å². The van der Waals surface area contributed by atoms with Crippen molar-refractivity contribution >= 4 is 11.6 Å². The van der Waals surface area contributed by atoms with Crippen molar-refractivity contribution in [2.24, 2.45) is 0 Å². The minimum Gasteiger partial charge on any atom is -0.389 e. The molecule has 1 aliphatic heterocycles. The number of aliphatic hydroxyl groups is 2. The van der Waals surface area contributed by atoms with Crippen molar-refractivity contribution < 1.29 is 15.0 Å². The number of nitriles is 1. The number of amides is 1. The second kappa shape index (κ2) is 6.48. The van der Waals surface area contributed by atoms with E-state index in [1.54, 1.807) is 24.3 Å². The molecule has 1 saturated heterocycles. The molecular weight excluding hydrogens is 258 g/mol. The minimum absolute atomic E-state index is 0.191. The molecule has 1 aromatic carbocycles. The van der Waals surface area contributed by atoms with Crippen LogP contribution in [-0.2, 0) is 4.79 Å². The van der Waals surface area contributed by atoms with E-state index in [0.29, 0.717) is 30.9 Å². The van der Waals surface area contributed by atoms with Crippen LogP contribution in [0.2, 0.25) is 0 Å². The standard InChI is InChI=1S/C14H17N3O3/c15-7-10-3-1-2-4-11(10)16-14(20)5-6-17-8-12(18)13(19)9-17/h1-4,12-13,18-19H,5-6,8-9H2,(H,16,20)/t12-,13+. The molecule has 1 aliphatic rings. The predicted molar refractivity (Wildman–Crippen MR) is 72.9 cm³/mol. The number of benzene rings is 1. The highest BCUT2D eigenvalue weighted by molar-refractivity contribution is 5.92. The van der Waals surface area contributed by atoms with Crippen molar-refractivity contribution in [3.05, 3.63) is 29.8 Å². The van der Waals surface area contributed by atoms with Crippen molar-refractivity contribution in [2.45, 2.75) is 18.6 Å². The van der Waals surface area contributed by atoms with Gasteiger partial charge in [-0.15, -0.1) is 0 Å². The van der Waals surface area contributed by atoms with Gasteiger partial charge in [-0.05, 0) is 12.1 Å². The van der Waals surface area contributed by atoms with E-state index in [-0.39, 0.29) is 12.3 Å². The third kappa shape index (κ3) is 3.54. The monoisotopic (exact) mass is 275 g/mol. The molecular formula is C14H17N3O3. The highest BCUT2D eigenvalue weighted by Gasteiger charge is 2.29. The number of nitrogens with one attached hydrogen (secondary N) is 1. The first-order valence-electron chi connectivity index (χ1n) is 6.47. The summed E-state index contributed by atoms with van der Waals surface area (Å²) in [6.45, 7) is 1.22. The van der Waals surface area contributed by atoms with Gasteiger partial charge in [0, 0.05) is 26.1 Å². The van der Waals surface area contributed by atoms with Gasteiger partial charge >= 0.3 is 0 Å². The number of hydrogen-bond acceptors (Lipinski definition) is 5. The molecule has 3 N–H and O–H groups in total. The number of β-amino-alcohol motifs (C(OH)–C–C–N with tert-alkyl or cyclic N) is 2. The van der Waals surface area contributed by atoms with Crippen LogP contribution in [0.1, 0.15) is 12.0 Å². The fraction of sp³-hybridized carbons (Fsp3) is 0.429. The van der Waals surface area contributed by atoms with Gasteiger partial charge in [0.05, 0.1) is 23.5 Å². The van der Waals surface area contributed by atoms with Gasteiger partial charge in [0.2, 0.25) is 5.91 Å². The number of rotatable bonds is 4. The quantitative estimate of drug-likeness (QED) is 0.714. The van der Waals surface area contributed by atoms with Crippen LogP contribution in [0, 0.1) is 11.3 Å². The topological polar surface area (TPSA) is 96.6 Å². The first-order chi connectivity index (χ1) is 9.60. The lowest BCUT2D eigenvalue weighted by molar-refractivity contribution is -0.116. The van der Waals surface area contributed by atoms with E-state index in [4.69, 9.17) is 5.26 Å². The van der Waals surface area contributed by atoms with Gasteiger partial charge in [-0.25, -0.2) is 0 Å². The molecule has 106 valence electrons. The first-order valence-corrected chi connectivity index (χ1v) is 6.47. The number of aliphatic hydroxyl groups excluding tert-OH is 2. The molecule has 6 heteroatoms. The number of likely N-dealkylation sites (tertiary alicyclic amines) is 1. The number of carbonyl (C=O) groups is 1. The van der Waals surface area contributed by atoms with Crippen LogP contribution in [0.15, 0.2) is 24.3 Å². The van der Waals surface area contributed by atoms with Gasteiger partial charge in [0.15, 0.2) is 0 Å². The van der Waals surface area contributed by atoms with Crippen molar-refractivity contribution in [2.75, 3.05) is 25.0 Å². The molecule has 20 heavy (non-hydrogen) atoms. The van der Waals surface area contributed by atoms with Crippen LogP contribution in [0.4, 0.5) is 5.69 Å². The lowest BCUT2D eigenvalue weighted by Crippen LogP contribution is -2.27. The highest BCUT2D eigenvalue weighted by atomic mass is 16.3. The summed E-state index contributed by atoms with van der Waals surface area (Å²) in [5.74, 6) is -0.191. The fourth-order valence-electron chi connectivity index (χ4n) is 2.19. The van der Waals surface area contributed by atoms with Crippen LogP contribution < -0.4 is 5.32 Å². The smallest absolute Gasteiger partial charge is 0.225 e. The van der Waals surface area contributed by atoms with Crippen molar-refractivity contribution in [1.29, 1.82) is 5.26 Å². The zero-order valence-electron chi connectivity index (χ0n) is 11.0. The molecule has 0 aliphatic carbocycles. The molecule has 0 saturated carbocycles. The summed E-state index contributed by atoms with van der Waals surface area (Å²) >= 11 is 0. The Morgan fingerprint density at radius 2 is 2.00 bits per heavy atom. The van der Waals surface area contributed by atoms with E-state index in [0.717, 1.165) is 0 Å². The Balaban J connectivity index is 1.83. The first kappa shape index (κ1) is 14.5. The molecule has 0 aromatic heterocycles. The maximum Gasteiger partial charge on any atom is 0.225 e. The van der Waals surface area contributed by atoms with Gasteiger partial charge in [-0.1, -0.05) is 12.1 Å². The Morgan fingerprint density at radius 3 is 2.65 bits per heavy atom. The van der Waals surface area contributed by atoms with Gasteiger partial charge in [0.25, 0.3) is 0 Å². The normalized spacial score (nSPS) is 22.4. The molecule has 2 rings (SSSR count). The molecule has 0 spiro atoms. The number of hydrogen-bond donors (Lipinski definition) is 3. The average Bonchev–Trinajstić information content (AvgIpc) is 2.76. The Morgan fingerprint density at radius 1 is 1.35 bits per heavy atom. The summed E-state index contributed by atoms with van der Waals surface area (Å²) in [5.41, 5.74) is 0.925. The largest absolute Gasteiger partial charge is 0.389 e. The predicted octanol–water partition coefficient (Wildman–Crippen LogP) is -0.0757. The number of anilines is 1. The zero-order chi connectivity index (χ0) is 14.5. The van der Waals surface area contributed by atoms with Crippen LogP contribution in [0.25, 0.3) is 0 Å². The Kier molecular flexibility index (Phi) is 4.69. The number of para-hydroxylation sites is 1. The van der Waals surface area contributed by atoms with Gasteiger partial charge < -0.3 is 15.5 Å². The number of carbonyl (C=O) groups excluding carboxylic acids is 1. The second-order valence-corrected chi connectivity index (χ2v) is 4.85. The van der Waals surface area contributed by atoms with Crippen molar-refractivity contribution in [3.63, 3.8) is 0 Å². The molecule has 2 atom stereocenters. The summed E-state index contributed by atoms with van der Waals surface area (Å²) in [6, 6.07) is 8.83. The zero-order valence-corrected chi connectivity index (χ0v) is 11.0. The lowest BCUT2D eigenvalue weighted by atomic mass is 10.2. The summed E-state index contributed by atoms with van der Waals surface area (Å²) in [4.78, 5) is 13.7. The highest BCUT2D eigenvalue weighted by Crippen LogP contribution is 2.14. The molecule has 1 aromatic rings. The van der Waals surface area contributed by atoms with Crippen LogP contribution in [-0.4, -0.2) is 52.9 Å². The summed E-state index contributed by atoms with van der Waals surface area (Å²) < 4.78 is 0. The fourth-order valence-corrected chi connectivity index (χ4v) is 2.19. The van der Waals surface area contributed by atoms with Crippen LogP contribution >= 0.6 is 0 Å². The van der Waals surface area contributed by atoms with E-state index in [9.17, 15) is 15.0 Å². The van der Waals surface area contributed by atoms with E-state index in [1.807, 2.05) is 11.0 Å². The Labute approximate surface area is 117 Å². The van der Waals surface area contributed by atoms with Crippen LogP contribution in [0.5, 0.6) is 0 Å². The van der Waals surface area contributed by atoms with E-state index in [1.165, 1.54) is 0 Å². The Hall–Kier alpha value is -1.94. The van der Waals surface area contributed by atoms with Gasteiger partial charge in [-0.3, -0.25) is 9.69 Å². The molecule has 0 unspecified atom stereocenters. The maximum atomic E-state index is 11.8. The molecule has 6 nitrogen and oxygen atoms in total. The van der Waals surface area contributed by atoms with Crippen LogP contribution in [0.3, 0.4) is 0 Å². The minimum atomic E-state index is -0.739. The molecule has 1 fully saturated rings. The van der Waals surface area contributed by atoms with E-state index < -0.39 is 12.2 Å². The number of nitrogens with zero attached hydrogens (tertiary/aromatic N) is 2. The Bertz CT molecular complexity index is 517. The third-order valence-corrected chi connectivity index (χ3v) is 3.31. The third-order valence-electron chi connectivity index (χ3n) is 3.31. The SMILES string of the molecule is N#Cc1ccccc1NC(=O)CCN1C[C@@H](O)[C@@H](O)C1.